The minimum Gasteiger partial charge on any atom is -0.355 e. The van der Waals surface area contributed by atoms with Gasteiger partial charge in [-0.15, -0.1) is 11.3 Å². The molecule has 0 amide bonds. The van der Waals surface area contributed by atoms with E-state index in [2.05, 4.69) is 9.88 Å². The molecule has 0 saturated heterocycles. The molecule has 0 fully saturated rings. The lowest BCUT2D eigenvalue weighted by atomic mass is 9.97. The van der Waals surface area contributed by atoms with Crippen LogP contribution in [-0.2, 0) is 19.4 Å². The Morgan fingerprint density at radius 2 is 2.00 bits per heavy atom. The van der Waals surface area contributed by atoms with E-state index in [-0.39, 0.29) is 5.82 Å². The van der Waals surface area contributed by atoms with Crippen LogP contribution in [0.3, 0.4) is 0 Å². The molecule has 0 radical (unpaired) electrons. The molecule has 0 unspecified atom stereocenters. The maximum Gasteiger partial charge on any atom is 0.164 e. The van der Waals surface area contributed by atoms with Crippen LogP contribution in [0.4, 0.5) is 10.2 Å². The number of rotatable bonds is 4. The summed E-state index contributed by atoms with van der Waals surface area (Å²) in [5, 5.41) is 1.16. The number of nitrogens with zero attached hydrogens (tertiary/aromatic N) is 4. The van der Waals surface area contributed by atoms with Crippen molar-refractivity contribution in [3.8, 4) is 11.4 Å². The molecule has 3 heterocycles. The standard InChI is InChI=1S/C23H21FN4S/c1-28(14-15-6-4-8-17(24)12-15)22-20-18-9-2-3-10-19(18)29-23(20)27-21(26-22)16-7-5-11-25-13-16/h4-8,11-13H,2-3,9-10,14H2,1H3. The van der Waals surface area contributed by atoms with Crippen molar-refractivity contribution in [2.24, 2.45) is 0 Å². The molecule has 0 aliphatic heterocycles. The van der Waals surface area contributed by atoms with Crippen LogP contribution >= 0.6 is 11.3 Å². The Bertz CT molecular complexity index is 1170. The summed E-state index contributed by atoms with van der Waals surface area (Å²) in [6.07, 6.45) is 8.18. The highest BCUT2D eigenvalue weighted by atomic mass is 32.1. The first-order valence-electron chi connectivity index (χ1n) is 9.87. The number of aromatic nitrogens is 3. The summed E-state index contributed by atoms with van der Waals surface area (Å²) in [7, 11) is 2.02. The van der Waals surface area contributed by atoms with E-state index in [1.165, 1.54) is 29.3 Å². The molecule has 0 spiro atoms. The second-order valence-corrected chi connectivity index (χ2v) is 8.57. The Balaban J connectivity index is 1.65. The summed E-state index contributed by atoms with van der Waals surface area (Å²) in [5.41, 5.74) is 3.22. The van der Waals surface area contributed by atoms with Gasteiger partial charge in [-0.3, -0.25) is 4.98 Å². The molecule has 3 aromatic heterocycles. The highest BCUT2D eigenvalue weighted by Crippen LogP contribution is 2.40. The summed E-state index contributed by atoms with van der Waals surface area (Å²) in [6, 6.07) is 10.6. The smallest absolute Gasteiger partial charge is 0.164 e. The number of fused-ring (bicyclic) bond motifs is 3. The van der Waals surface area contributed by atoms with Crippen LogP contribution in [0.1, 0.15) is 28.8 Å². The highest BCUT2D eigenvalue weighted by Gasteiger charge is 2.23. The van der Waals surface area contributed by atoms with Crippen molar-refractivity contribution in [2.75, 3.05) is 11.9 Å². The van der Waals surface area contributed by atoms with E-state index < -0.39 is 0 Å². The van der Waals surface area contributed by atoms with Gasteiger partial charge in [0.2, 0.25) is 0 Å². The summed E-state index contributed by atoms with van der Waals surface area (Å²) in [5.74, 6) is 1.38. The molecule has 29 heavy (non-hydrogen) atoms. The zero-order valence-corrected chi connectivity index (χ0v) is 17.0. The van der Waals surface area contributed by atoms with Gasteiger partial charge in [0.25, 0.3) is 0 Å². The predicted octanol–water partition coefficient (Wildman–Crippen LogP) is 5.41. The Labute approximate surface area is 173 Å². The molecule has 0 saturated carbocycles. The molecule has 4 nitrogen and oxygen atoms in total. The first-order chi connectivity index (χ1) is 14.2. The molecular weight excluding hydrogens is 383 g/mol. The van der Waals surface area contributed by atoms with Gasteiger partial charge in [0.1, 0.15) is 16.5 Å². The van der Waals surface area contributed by atoms with Gasteiger partial charge in [-0.1, -0.05) is 12.1 Å². The molecule has 0 atom stereocenters. The Morgan fingerprint density at radius 3 is 2.83 bits per heavy atom. The number of thiophene rings is 1. The molecule has 6 heteroatoms. The molecule has 0 bridgehead atoms. The fourth-order valence-electron chi connectivity index (χ4n) is 4.02. The SMILES string of the molecule is CN(Cc1cccc(F)c1)c1nc(-c2cccnc2)nc2sc3c(c12)CCCC3. The number of anilines is 1. The van der Waals surface area contributed by atoms with Gasteiger partial charge in [0.05, 0.1) is 5.39 Å². The molecule has 1 aliphatic rings. The minimum absolute atomic E-state index is 0.215. The van der Waals surface area contributed by atoms with Gasteiger partial charge in [-0.2, -0.15) is 0 Å². The van der Waals surface area contributed by atoms with Gasteiger partial charge in [0, 0.05) is 36.4 Å². The van der Waals surface area contributed by atoms with E-state index in [0.717, 1.165) is 40.0 Å². The quantitative estimate of drug-likeness (QED) is 0.456. The van der Waals surface area contributed by atoms with Gasteiger partial charge >= 0.3 is 0 Å². The van der Waals surface area contributed by atoms with Crippen LogP contribution in [0.2, 0.25) is 0 Å². The summed E-state index contributed by atoms with van der Waals surface area (Å²) in [4.78, 5) is 18.7. The first-order valence-corrected chi connectivity index (χ1v) is 10.7. The molecule has 0 N–H and O–H groups in total. The number of benzene rings is 1. The van der Waals surface area contributed by atoms with Crippen molar-refractivity contribution in [2.45, 2.75) is 32.2 Å². The van der Waals surface area contributed by atoms with Crippen molar-refractivity contribution in [1.82, 2.24) is 15.0 Å². The number of hydrogen-bond donors (Lipinski definition) is 0. The van der Waals surface area contributed by atoms with Gasteiger partial charge < -0.3 is 4.90 Å². The van der Waals surface area contributed by atoms with E-state index in [9.17, 15) is 4.39 Å². The van der Waals surface area contributed by atoms with E-state index in [1.807, 2.05) is 25.2 Å². The average Bonchev–Trinajstić information content (AvgIpc) is 3.12. The maximum atomic E-state index is 13.7. The summed E-state index contributed by atoms with van der Waals surface area (Å²) >= 11 is 1.79. The summed E-state index contributed by atoms with van der Waals surface area (Å²) < 4.78 is 13.7. The van der Waals surface area contributed by atoms with E-state index >= 15 is 0 Å². The fraction of sp³-hybridized carbons (Fsp3) is 0.261. The zero-order valence-electron chi connectivity index (χ0n) is 16.2. The molecule has 1 aliphatic carbocycles. The lowest BCUT2D eigenvalue weighted by Gasteiger charge is -2.21. The molecule has 5 rings (SSSR count). The largest absolute Gasteiger partial charge is 0.355 e. The van der Waals surface area contributed by atoms with Crippen molar-refractivity contribution < 1.29 is 4.39 Å². The zero-order chi connectivity index (χ0) is 19.8. The van der Waals surface area contributed by atoms with Crippen molar-refractivity contribution in [3.63, 3.8) is 0 Å². The average molecular weight is 405 g/mol. The van der Waals surface area contributed by atoms with Crippen LogP contribution in [0.15, 0.2) is 48.8 Å². The molecule has 4 aromatic rings. The Kier molecular flexibility index (Phi) is 4.72. The van der Waals surface area contributed by atoms with Crippen LogP contribution in [-0.4, -0.2) is 22.0 Å². The minimum atomic E-state index is -0.215. The highest BCUT2D eigenvalue weighted by molar-refractivity contribution is 7.19. The third-order valence-corrected chi connectivity index (χ3v) is 6.57. The topological polar surface area (TPSA) is 41.9 Å². The molecule has 1 aromatic carbocycles. The van der Waals surface area contributed by atoms with Crippen molar-refractivity contribution in [1.29, 1.82) is 0 Å². The second-order valence-electron chi connectivity index (χ2n) is 7.49. The monoisotopic (exact) mass is 404 g/mol. The Hall–Kier alpha value is -2.86. The van der Waals surface area contributed by atoms with Crippen LogP contribution in [0.25, 0.3) is 21.6 Å². The van der Waals surface area contributed by atoms with E-state index in [0.29, 0.717) is 12.4 Å². The Morgan fingerprint density at radius 1 is 1.10 bits per heavy atom. The van der Waals surface area contributed by atoms with Gasteiger partial charge in [-0.25, -0.2) is 14.4 Å². The maximum absolute atomic E-state index is 13.7. The number of aryl methyl sites for hydroxylation is 2. The number of pyridine rings is 1. The van der Waals surface area contributed by atoms with E-state index in [1.54, 1.807) is 35.9 Å². The fourth-order valence-corrected chi connectivity index (χ4v) is 5.28. The third-order valence-electron chi connectivity index (χ3n) is 5.39. The van der Waals surface area contributed by atoms with Gasteiger partial charge in [-0.05, 0) is 61.1 Å². The molecule has 146 valence electrons. The number of hydrogen-bond acceptors (Lipinski definition) is 5. The normalized spacial score (nSPS) is 13.4. The number of halogens is 1. The third kappa shape index (κ3) is 3.49. The van der Waals surface area contributed by atoms with Crippen LogP contribution in [0.5, 0.6) is 0 Å². The van der Waals surface area contributed by atoms with E-state index in [4.69, 9.17) is 9.97 Å². The molecular formula is C23H21FN4S. The van der Waals surface area contributed by atoms with Gasteiger partial charge in [0.15, 0.2) is 5.82 Å². The predicted molar refractivity (Wildman–Crippen MR) is 116 cm³/mol. The van der Waals surface area contributed by atoms with Crippen molar-refractivity contribution >= 4 is 27.4 Å². The van der Waals surface area contributed by atoms with Crippen LogP contribution in [0, 0.1) is 5.82 Å². The second kappa shape index (κ2) is 7.52. The first kappa shape index (κ1) is 18.2. The lowest BCUT2D eigenvalue weighted by Crippen LogP contribution is -2.19. The summed E-state index contributed by atoms with van der Waals surface area (Å²) in [6.45, 7) is 0.584. The van der Waals surface area contributed by atoms with Crippen molar-refractivity contribution in [3.05, 3.63) is 70.6 Å². The lowest BCUT2D eigenvalue weighted by molar-refractivity contribution is 0.625. The van der Waals surface area contributed by atoms with Crippen LogP contribution < -0.4 is 4.90 Å².